The third-order valence-electron chi connectivity index (χ3n) is 4.76. The van der Waals surface area contributed by atoms with Crippen molar-refractivity contribution < 1.29 is 23.5 Å². The van der Waals surface area contributed by atoms with E-state index in [4.69, 9.17) is 5.11 Å². The molecule has 1 saturated heterocycles. The molecule has 23 heavy (non-hydrogen) atoms. The van der Waals surface area contributed by atoms with Crippen LogP contribution in [-0.2, 0) is 9.59 Å². The summed E-state index contributed by atoms with van der Waals surface area (Å²) in [7, 11) is 0. The highest BCUT2D eigenvalue weighted by Crippen LogP contribution is 2.37. The fourth-order valence-corrected chi connectivity index (χ4v) is 3.44. The molecule has 0 aromatic rings. The Hall–Kier alpha value is -1.24. The lowest BCUT2D eigenvalue weighted by Gasteiger charge is -2.43. The number of carboxylic acids is 1. The lowest BCUT2D eigenvalue weighted by Crippen LogP contribution is -2.53. The first kappa shape index (κ1) is 18.1. The van der Waals surface area contributed by atoms with Gasteiger partial charge in [-0.05, 0) is 19.3 Å². The number of hydrogen-bond donors (Lipinski definition) is 2. The molecule has 1 aliphatic heterocycles. The van der Waals surface area contributed by atoms with E-state index >= 15 is 0 Å². The predicted molar refractivity (Wildman–Crippen MR) is 81.3 cm³/mol. The van der Waals surface area contributed by atoms with E-state index in [1.165, 1.54) is 0 Å². The van der Waals surface area contributed by atoms with Gasteiger partial charge in [0.1, 0.15) is 6.04 Å². The molecule has 0 spiro atoms. The van der Waals surface area contributed by atoms with Gasteiger partial charge >= 0.3 is 5.97 Å². The second kappa shape index (κ2) is 6.34. The van der Waals surface area contributed by atoms with Crippen LogP contribution in [0.5, 0.6) is 0 Å². The lowest BCUT2D eigenvalue weighted by molar-refractivity contribution is -0.148. The molecule has 0 radical (unpaired) electrons. The number of hydrogen-bond acceptors (Lipinski definition) is 3. The van der Waals surface area contributed by atoms with Gasteiger partial charge in [0.2, 0.25) is 11.8 Å². The maximum atomic E-state index is 13.4. The van der Waals surface area contributed by atoms with E-state index in [1.807, 2.05) is 0 Å². The molecule has 1 saturated carbocycles. The molecule has 0 aromatic carbocycles. The number of nitrogens with zero attached hydrogens (tertiary/aromatic N) is 1. The SMILES string of the molecule is CC(C)(C)C(=O)N(C1CCC(F)(F)CC1)[C@@H]1CN[C@H](C(=O)O)C1. The van der Waals surface area contributed by atoms with Crippen LogP contribution < -0.4 is 5.32 Å². The fraction of sp³-hybridized carbons (Fsp3) is 0.875. The minimum atomic E-state index is -2.65. The Bertz CT molecular complexity index is 466. The molecule has 0 aromatic heterocycles. The molecule has 0 unspecified atom stereocenters. The molecule has 7 heteroatoms. The van der Waals surface area contributed by atoms with E-state index in [1.54, 1.807) is 25.7 Å². The summed E-state index contributed by atoms with van der Waals surface area (Å²) in [6, 6.07) is -1.17. The third kappa shape index (κ3) is 4.19. The number of carbonyl (C=O) groups is 2. The summed E-state index contributed by atoms with van der Waals surface area (Å²) in [5.41, 5.74) is -0.624. The molecule has 2 atom stereocenters. The van der Waals surface area contributed by atoms with E-state index in [-0.39, 0.29) is 43.7 Å². The van der Waals surface area contributed by atoms with Crippen molar-refractivity contribution in [3.8, 4) is 0 Å². The van der Waals surface area contributed by atoms with E-state index in [9.17, 15) is 18.4 Å². The van der Waals surface area contributed by atoms with Gasteiger partial charge in [-0.2, -0.15) is 0 Å². The Morgan fingerprint density at radius 3 is 2.17 bits per heavy atom. The molecule has 5 nitrogen and oxygen atoms in total. The molecule has 132 valence electrons. The average Bonchev–Trinajstić information content (AvgIpc) is 2.89. The van der Waals surface area contributed by atoms with Gasteiger partial charge in [-0.3, -0.25) is 9.59 Å². The van der Waals surface area contributed by atoms with Crippen molar-refractivity contribution in [3.63, 3.8) is 0 Å². The minimum absolute atomic E-state index is 0.0921. The second-order valence-electron chi connectivity index (χ2n) is 7.74. The largest absolute Gasteiger partial charge is 0.480 e. The normalized spacial score (nSPS) is 28.6. The number of nitrogens with one attached hydrogen (secondary N) is 1. The smallest absolute Gasteiger partial charge is 0.320 e. The predicted octanol–water partition coefficient (Wildman–Crippen LogP) is 2.25. The van der Waals surface area contributed by atoms with Gasteiger partial charge in [-0.15, -0.1) is 0 Å². The molecule has 1 heterocycles. The van der Waals surface area contributed by atoms with Gasteiger partial charge in [0.05, 0.1) is 0 Å². The van der Waals surface area contributed by atoms with E-state index in [2.05, 4.69) is 5.32 Å². The molecule has 2 N–H and O–H groups in total. The van der Waals surface area contributed by atoms with E-state index in [0.29, 0.717) is 13.0 Å². The van der Waals surface area contributed by atoms with Crippen LogP contribution in [-0.4, -0.2) is 52.5 Å². The zero-order valence-corrected chi connectivity index (χ0v) is 13.9. The average molecular weight is 332 g/mol. The number of carbonyl (C=O) groups excluding carboxylic acids is 1. The van der Waals surface area contributed by atoms with Gasteiger partial charge in [0.25, 0.3) is 0 Å². The Balaban J connectivity index is 2.17. The zero-order valence-electron chi connectivity index (χ0n) is 13.9. The maximum Gasteiger partial charge on any atom is 0.320 e. The Kier molecular flexibility index (Phi) is 4.99. The monoisotopic (exact) mass is 332 g/mol. The highest BCUT2D eigenvalue weighted by molar-refractivity contribution is 5.82. The molecular weight excluding hydrogens is 306 g/mol. The summed E-state index contributed by atoms with van der Waals surface area (Å²) in [6.07, 6.45) is 0.429. The van der Waals surface area contributed by atoms with Crippen molar-refractivity contribution in [1.29, 1.82) is 0 Å². The fourth-order valence-electron chi connectivity index (χ4n) is 3.44. The number of carboxylic acid groups (broad SMARTS) is 1. The zero-order chi connectivity index (χ0) is 17.4. The number of aliphatic carboxylic acids is 1. The molecule has 1 aliphatic carbocycles. The topological polar surface area (TPSA) is 69.6 Å². The number of alkyl halides is 2. The maximum absolute atomic E-state index is 13.4. The summed E-state index contributed by atoms with van der Waals surface area (Å²) in [5.74, 6) is -3.68. The van der Waals surface area contributed by atoms with E-state index < -0.39 is 23.3 Å². The highest BCUT2D eigenvalue weighted by Gasteiger charge is 2.44. The van der Waals surface area contributed by atoms with Crippen molar-refractivity contribution in [1.82, 2.24) is 10.2 Å². The third-order valence-corrected chi connectivity index (χ3v) is 4.76. The minimum Gasteiger partial charge on any atom is -0.480 e. The second-order valence-corrected chi connectivity index (χ2v) is 7.74. The molecule has 0 bridgehead atoms. The molecule has 2 rings (SSSR count). The van der Waals surface area contributed by atoms with Crippen molar-refractivity contribution >= 4 is 11.9 Å². The van der Waals surface area contributed by atoms with Crippen molar-refractivity contribution in [3.05, 3.63) is 0 Å². The number of halogens is 2. The summed E-state index contributed by atoms with van der Waals surface area (Å²) >= 11 is 0. The molecule has 2 aliphatic rings. The highest BCUT2D eigenvalue weighted by atomic mass is 19.3. The van der Waals surface area contributed by atoms with E-state index in [0.717, 1.165) is 0 Å². The van der Waals surface area contributed by atoms with Gasteiger partial charge in [0, 0.05) is 36.9 Å². The first-order valence-corrected chi connectivity index (χ1v) is 8.18. The van der Waals surface area contributed by atoms with Gasteiger partial charge in [0.15, 0.2) is 0 Å². The lowest BCUT2D eigenvalue weighted by atomic mass is 9.86. The first-order valence-electron chi connectivity index (χ1n) is 8.18. The number of amides is 1. The van der Waals surface area contributed by atoms with Gasteiger partial charge in [-0.25, -0.2) is 8.78 Å². The van der Waals surface area contributed by atoms with Crippen molar-refractivity contribution in [2.75, 3.05) is 6.54 Å². The Morgan fingerprint density at radius 2 is 1.74 bits per heavy atom. The van der Waals surface area contributed by atoms with Crippen molar-refractivity contribution in [2.24, 2.45) is 5.41 Å². The number of rotatable bonds is 3. The van der Waals surface area contributed by atoms with Crippen LogP contribution in [0.25, 0.3) is 0 Å². The molecular formula is C16H26F2N2O3. The summed E-state index contributed by atoms with van der Waals surface area (Å²) in [5, 5.41) is 12.0. The van der Waals surface area contributed by atoms with Crippen LogP contribution in [0, 0.1) is 5.41 Å². The van der Waals surface area contributed by atoms with Crippen LogP contribution in [0.4, 0.5) is 8.78 Å². The quantitative estimate of drug-likeness (QED) is 0.832. The Morgan fingerprint density at radius 1 is 1.17 bits per heavy atom. The summed E-state index contributed by atoms with van der Waals surface area (Å²) < 4.78 is 26.9. The van der Waals surface area contributed by atoms with Crippen LogP contribution >= 0.6 is 0 Å². The summed E-state index contributed by atoms with van der Waals surface area (Å²) in [6.45, 7) is 5.80. The van der Waals surface area contributed by atoms with Crippen LogP contribution in [0.3, 0.4) is 0 Å². The van der Waals surface area contributed by atoms with Gasteiger partial charge in [-0.1, -0.05) is 20.8 Å². The molecule has 2 fully saturated rings. The Labute approximate surface area is 135 Å². The van der Waals surface area contributed by atoms with Gasteiger partial charge < -0.3 is 15.3 Å². The van der Waals surface area contributed by atoms with Crippen LogP contribution in [0.15, 0.2) is 0 Å². The standard InChI is InChI=1S/C16H26F2N2O3/c1-15(2,3)14(23)20(10-4-6-16(17,18)7-5-10)11-8-12(13(21)22)19-9-11/h10-12,19H,4-9H2,1-3H3,(H,21,22)/t11-,12-/m0/s1. The summed E-state index contributed by atoms with van der Waals surface area (Å²) in [4.78, 5) is 25.7. The van der Waals surface area contributed by atoms with Crippen molar-refractivity contribution in [2.45, 2.75) is 76.9 Å². The first-order chi connectivity index (χ1) is 10.5. The van der Waals surface area contributed by atoms with Crippen LogP contribution in [0.2, 0.25) is 0 Å². The van der Waals surface area contributed by atoms with Crippen LogP contribution in [0.1, 0.15) is 52.9 Å². The molecule has 1 amide bonds.